The first-order chi connectivity index (χ1) is 9.28. The molecular weight excluding hydrogens is 256 g/mol. The summed E-state index contributed by atoms with van der Waals surface area (Å²) in [7, 11) is 0. The molecule has 1 aliphatic carbocycles. The summed E-state index contributed by atoms with van der Waals surface area (Å²) in [5, 5.41) is 1.06. The minimum atomic E-state index is 0.294. The molecule has 3 nitrogen and oxygen atoms in total. The van der Waals surface area contributed by atoms with Crippen molar-refractivity contribution in [2.45, 2.75) is 32.2 Å². The van der Waals surface area contributed by atoms with Gasteiger partial charge in [-0.1, -0.05) is 12.1 Å². The number of nitrogens with zero attached hydrogens (tertiary/aromatic N) is 1. The van der Waals surface area contributed by atoms with Gasteiger partial charge >= 0.3 is 0 Å². The van der Waals surface area contributed by atoms with Crippen LogP contribution in [0.5, 0.6) is 5.75 Å². The molecule has 3 rings (SSSR count). The molecule has 1 heterocycles. The van der Waals surface area contributed by atoms with Crippen molar-refractivity contribution in [2.75, 3.05) is 6.61 Å². The number of aryl methyl sites for hydroxylation is 1. The molecule has 0 fully saturated rings. The molecule has 0 spiro atoms. The fraction of sp³-hybridized carbons (Fsp3) is 0.400. The molecule has 1 unspecified atom stereocenters. The molecule has 1 aromatic carbocycles. The highest BCUT2D eigenvalue weighted by atomic mass is 32.1. The molecule has 0 aliphatic heterocycles. The summed E-state index contributed by atoms with van der Waals surface area (Å²) in [4.78, 5) is 6.13. The van der Waals surface area contributed by atoms with Crippen LogP contribution in [-0.4, -0.2) is 17.6 Å². The van der Waals surface area contributed by atoms with Crippen LogP contribution in [0.1, 0.15) is 23.9 Å². The van der Waals surface area contributed by atoms with Crippen molar-refractivity contribution in [3.8, 4) is 16.3 Å². The van der Waals surface area contributed by atoms with E-state index in [0.717, 1.165) is 35.6 Å². The molecule has 2 aromatic rings. The number of benzene rings is 1. The predicted octanol–water partition coefficient (Wildman–Crippen LogP) is 3.02. The Morgan fingerprint density at radius 3 is 3.11 bits per heavy atom. The van der Waals surface area contributed by atoms with E-state index < -0.39 is 0 Å². The fourth-order valence-electron chi connectivity index (χ4n) is 2.44. The van der Waals surface area contributed by atoms with E-state index >= 15 is 0 Å². The highest BCUT2D eigenvalue weighted by Crippen LogP contribution is 2.36. The number of hydrogen-bond donors (Lipinski definition) is 1. The molecule has 1 aromatic heterocycles. The van der Waals surface area contributed by atoms with E-state index in [1.165, 1.54) is 10.6 Å². The van der Waals surface area contributed by atoms with E-state index in [1.807, 2.05) is 25.1 Å². The molecular formula is C15H18N2OS. The Morgan fingerprint density at radius 2 is 2.26 bits per heavy atom. The predicted molar refractivity (Wildman–Crippen MR) is 78.7 cm³/mol. The van der Waals surface area contributed by atoms with Crippen molar-refractivity contribution >= 4 is 11.3 Å². The van der Waals surface area contributed by atoms with E-state index in [-0.39, 0.29) is 0 Å². The van der Waals surface area contributed by atoms with Crippen molar-refractivity contribution in [3.63, 3.8) is 0 Å². The van der Waals surface area contributed by atoms with Gasteiger partial charge in [-0.2, -0.15) is 0 Å². The van der Waals surface area contributed by atoms with Crippen molar-refractivity contribution < 1.29 is 4.74 Å². The Balaban J connectivity index is 1.99. The molecule has 4 heteroatoms. The van der Waals surface area contributed by atoms with E-state index in [0.29, 0.717) is 12.6 Å². The zero-order valence-corrected chi connectivity index (χ0v) is 11.9. The van der Waals surface area contributed by atoms with Crippen LogP contribution in [-0.2, 0) is 12.8 Å². The topological polar surface area (TPSA) is 48.1 Å². The monoisotopic (exact) mass is 274 g/mol. The highest BCUT2D eigenvalue weighted by molar-refractivity contribution is 7.15. The highest BCUT2D eigenvalue weighted by Gasteiger charge is 2.21. The first-order valence-electron chi connectivity index (χ1n) is 6.74. The minimum Gasteiger partial charge on any atom is -0.493 e. The quantitative estimate of drug-likeness (QED) is 0.936. The van der Waals surface area contributed by atoms with Gasteiger partial charge in [-0.15, -0.1) is 11.3 Å². The van der Waals surface area contributed by atoms with Gasteiger partial charge in [0.1, 0.15) is 10.8 Å². The lowest BCUT2D eigenvalue weighted by Gasteiger charge is -2.15. The molecule has 0 bridgehead atoms. The van der Waals surface area contributed by atoms with Gasteiger partial charge in [0.25, 0.3) is 0 Å². The summed E-state index contributed by atoms with van der Waals surface area (Å²) < 4.78 is 5.69. The number of thiazole rings is 1. The summed E-state index contributed by atoms with van der Waals surface area (Å²) in [5.74, 6) is 0.917. The van der Waals surface area contributed by atoms with Gasteiger partial charge in [0.2, 0.25) is 0 Å². The molecule has 1 aliphatic rings. The third-order valence-electron chi connectivity index (χ3n) is 3.40. The number of aromatic nitrogens is 1. The molecule has 0 radical (unpaired) electrons. The van der Waals surface area contributed by atoms with Gasteiger partial charge in [-0.25, -0.2) is 4.98 Å². The molecule has 0 saturated carbocycles. The van der Waals surface area contributed by atoms with E-state index in [4.69, 9.17) is 15.5 Å². The van der Waals surface area contributed by atoms with Crippen molar-refractivity contribution in [1.82, 2.24) is 4.98 Å². The van der Waals surface area contributed by atoms with Crippen molar-refractivity contribution in [3.05, 3.63) is 34.8 Å². The van der Waals surface area contributed by atoms with Crippen molar-refractivity contribution in [2.24, 2.45) is 5.73 Å². The van der Waals surface area contributed by atoms with Crippen LogP contribution in [0.15, 0.2) is 24.3 Å². The summed E-state index contributed by atoms with van der Waals surface area (Å²) >= 11 is 1.76. The Morgan fingerprint density at radius 1 is 1.42 bits per heavy atom. The summed E-state index contributed by atoms with van der Waals surface area (Å²) in [5.41, 5.74) is 8.35. The fourth-order valence-corrected chi connectivity index (χ4v) is 3.67. The lowest BCUT2D eigenvalue weighted by atomic mass is 9.99. The van der Waals surface area contributed by atoms with Crippen LogP contribution in [0, 0.1) is 0 Å². The number of nitrogens with two attached hydrogens (primary N) is 1. The van der Waals surface area contributed by atoms with Gasteiger partial charge < -0.3 is 10.5 Å². The number of hydrogen-bond acceptors (Lipinski definition) is 4. The second-order valence-corrected chi connectivity index (χ2v) is 5.90. The van der Waals surface area contributed by atoms with Gasteiger partial charge in [-0.3, -0.25) is 0 Å². The van der Waals surface area contributed by atoms with E-state index in [9.17, 15) is 0 Å². The Bertz CT molecular complexity index is 579. The smallest absolute Gasteiger partial charge is 0.129 e. The number of fused-ring (bicyclic) bond motifs is 1. The molecule has 0 saturated heterocycles. The van der Waals surface area contributed by atoms with Gasteiger partial charge in [0, 0.05) is 10.9 Å². The van der Waals surface area contributed by atoms with Crippen LogP contribution in [0.2, 0.25) is 0 Å². The average molecular weight is 274 g/mol. The first-order valence-corrected chi connectivity index (χ1v) is 7.56. The summed E-state index contributed by atoms with van der Waals surface area (Å²) in [6.45, 7) is 2.68. The zero-order chi connectivity index (χ0) is 13.2. The number of rotatable bonds is 3. The first kappa shape index (κ1) is 12.6. The van der Waals surface area contributed by atoms with Gasteiger partial charge in [0.05, 0.1) is 17.9 Å². The van der Waals surface area contributed by atoms with Crippen LogP contribution >= 0.6 is 11.3 Å². The van der Waals surface area contributed by atoms with Gasteiger partial charge in [0.15, 0.2) is 0 Å². The van der Waals surface area contributed by atoms with E-state index in [2.05, 4.69) is 6.07 Å². The van der Waals surface area contributed by atoms with E-state index in [1.54, 1.807) is 11.3 Å². The second kappa shape index (κ2) is 5.31. The summed E-state index contributed by atoms with van der Waals surface area (Å²) in [6, 6.07) is 8.41. The lowest BCUT2D eigenvalue weighted by molar-refractivity contribution is 0.341. The molecule has 19 heavy (non-hydrogen) atoms. The minimum absolute atomic E-state index is 0.294. The maximum absolute atomic E-state index is 6.03. The Hall–Kier alpha value is -1.39. The SMILES string of the molecule is CCOc1ccccc1-c1nc2c(s1)CC(N)CC2. The largest absolute Gasteiger partial charge is 0.493 e. The number of para-hydroxylation sites is 1. The van der Waals surface area contributed by atoms with Crippen molar-refractivity contribution in [1.29, 1.82) is 0 Å². The lowest BCUT2D eigenvalue weighted by Crippen LogP contribution is -2.26. The second-order valence-electron chi connectivity index (χ2n) is 4.82. The Kier molecular flexibility index (Phi) is 3.53. The van der Waals surface area contributed by atoms with Gasteiger partial charge in [-0.05, 0) is 38.3 Å². The number of ether oxygens (including phenoxy) is 1. The maximum atomic E-state index is 6.03. The normalized spacial score (nSPS) is 18.1. The molecule has 1 atom stereocenters. The standard InChI is InChI=1S/C15H18N2OS/c1-2-18-13-6-4-3-5-11(13)15-17-12-8-7-10(16)9-14(12)19-15/h3-6,10H,2,7-9,16H2,1H3. The van der Waals surface area contributed by atoms with Crippen LogP contribution < -0.4 is 10.5 Å². The van der Waals surface area contributed by atoms with Crippen LogP contribution in [0.3, 0.4) is 0 Å². The maximum Gasteiger partial charge on any atom is 0.129 e. The van der Waals surface area contributed by atoms with Crippen LogP contribution in [0.4, 0.5) is 0 Å². The molecule has 0 amide bonds. The zero-order valence-electron chi connectivity index (χ0n) is 11.1. The average Bonchev–Trinajstić information content (AvgIpc) is 2.82. The molecule has 2 N–H and O–H groups in total. The third-order valence-corrected chi connectivity index (χ3v) is 4.55. The third kappa shape index (κ3) is 2.51. The molecule has 100 valence electrons. The van der Waals surface area contributed by atoms with Crippen LogP contribution in [0.25, 0.3) is 10.6 Å². The summed E-state index contributed by atoms with van der Waals surface area (Å²) in [6.07, 6.45) is 3.01. The Labute approximate surface area is 117 Å².